The molecule has 7 heteroatoms. The van der Waals surface area contributed by atoms with Gasteiger partial charge in [0.2, 0.25) is 0 Å². The predicted molar refractivity (Wildman–Crippen MR) is 208 cm³/mol. The molecule has 0 bridgehead atoms. The number of esters is 1. The van der Waals surface area contributed by atoms with Crippen molar-refractivity contribution in [1.29, 1.82) is 0 Å². The highest BCUT2D eigenvalue weighted by Crippen LogP contribution is 2.40. The Labute approximate surface area is 307 Å². The van der Waals surface area contributed by atoms with E-state index in [1.807, 2.05) is 60.7 Å². The van der Waals surface area contributed by atoms with E-state index >= 15 is 0 Å². The van der Waals surface area contributed by atoms with Gasteiger partial charge in [0.15, 0.2) is 0 Å². The summed E-state index contributed by atoms with van der Waals surface area (Å²) in [6.07, 6.45) is 0.278. The van der Waals surface area contributed by atoms with Crippen LogP contribution in [0.4, 0.5) is 0 Å². The van der Waals surface area contributed by atoms with Crippen LogP contribution in [0.5, 0.6) is 23.0 Å². The molecule has 264 valence electrons. The van der Waals surface area contributed by atoms with Crippen molar-refractivity contribution in [2.24, 2.45) is 0 Å². The van der Waals surface area contributed by atoms with Gasteiger partial charge in [-0.15, -0.1) is 0 Å². The lowest BCUT2D eigenvalue weighted by Crippen LogP contribution is -2.66. The first kappa shape index (κ1) is 36.2. The second kappa shape index (κ2) is 16.1. The molecule has 0 saturated carbocycles. The van der Waals surface area contributed by atoms with E-state index in [4.69, 9.17) is 18.6 Å². The lowest BCUT2D eigenvalue weighted by Gasteiger charge is -2.43. The number of phenols is 1. The van der Waals surface area contributed by atoms with E-state index < -0.39 is 14.3 Å². The maximum atomic E-state index is 12.8. The van der Waals surface area contributed by atoms with Crippen molar-refractivity contribution in [3.63, 3.8) is 0 Å². The average molecular weight is 709 g/mol. The summed E-state index contributed by atoms with van der Waals surface area (Å²) in [5, 5.41) is 13.2. The summed E-state index contributed by atoms with van der Waals surface area (Å²) in [6.45, 7) is 7.38. The van der Waals surface area contributed by atoms with Crippen LogP contribution < -0.4 is 24.6 Å². The molecular weight excluding hydrogens is 665 g/mol. The number of benzene rings is 6. The summed E-state index contributed by atoms with van der Waals surface area (Å²) in [6, 6.07) is 48.6. The normalized spacial score (nSPS) is 11.5. The fraction of sp³-hybridized carbons (Fsp3) is 0.178. The van der Waals surface area contributed by atoms with Gasteiger partial charge in [0.25, 0.3) is 8.32 Å². The fourth-order valence-corrected chi connectivity index (χ4v) is 11.2. The fourth-order valence-electron chi connectivity index (χ4n) is 6.71. The second-order valence-electron chi connectivity index (χ2n) is 13.7. The molecule has 6 aromatic rings. The van der Waals surface area contributed by atoms with E-state index in [1.165, 1.54) is 16.4 Å². The van der Waals surface area contributed by atoms with Crippen molar-refractivity contribution < 1.29 is 28.5 Å². The Morgan fingerprint density at radius 1 is 0.635 bits per heavy atom. The number of phenolic OH excluding ortho intramolecular Hbond substituents is 1. The molecule has 6 rings (SSSR count). The predicted octanol–water partition coefficient (Wildman–Crippen LogP) is 8.87. The van der Waals surface area contributed by atoms with Gasteiger partial charge in [-0.2, -0.15) is 0 Å². The molecule has 0 fully saturated rings. The van der Waals surface area contributed by atoms with Gasteiger partial charge in [-0.05, 0) is 63.4 Å². The number of carbonyl (C=O) groups is 1. The molecule has 0 aromatic heterocycles. The molecule has 52 heavy (non-hydrogen) atoms. The van der Waals surface area contributed by atoms with Gasteiger partial charge in [0.05, 0.1) is 19.3 Å². The van der Waals surface area contributed by atoms with Gasteiger partial charge in [0, 0.05) is 23.1 Å². The lowest BCUT2D eigenvalue weighted by molar-refractivity contribution is 0.0734. The number of hydrogen-bond acceptors (Lipinski definition) is 6. The van der Waals surface area contributed by atoms with E-state index in [2.05, 4.69) is 69.3 Å². The summed E-state index contributed by atoms with van der Waals surface area (Å²) in [7, 11) is -1.25. The minimum absolute atomic E-state index is 0.0716. The molecule has 0 radical (unpaired) electrons. The highest BCUT2D eigenvalue weighted by molar-refractivity contribution is 6.99. The summed E-state index contributed by atoms with van der Waals surface area (Å²) in [5.41, 5.74) is 3.65. The van der Waals surface area contributed by atoms with E-state index in [-0.39, 0.29) is 23.8 Å². The Morgan fingerprint density at radius 2 is 1.17 bits per heavy atom. The molecule has 6 aromatic carbocycles. The Kier molecular flexibility index (Phi) is 11.2. The summed E-state index contributed by atoms with van der Waals surface area (Å²) in [4.78, 5) is 12.8. The third-order valence-electron chi connectivity index (χ3n) is 9.18. The SMILES string of the molecule is COc1c(CO[Si](c2ccccc2)(c2ccccc2)C(C)(C)C)cc(OCc2ccccc2)cc1Cc1cc(OC(=O)c2ccccc2)ccc1O. The maximum Gasteiger partial charge on any atom is 0.343 e. The Morgan fingerprint density at radius 3 is 1.75 bits per heavy atom. The van der Waals surface area contributed by atoms with E-state index in [0.29, 0.717) is 35.0 Å². The zero-order valence-electron chi connectivity index (χ0n) is 30.0. The molecule has 0 aliphatic heterocycles. The van der Waals surface area contributed by atoms with Crippen molar-refractivity contribution in [2.45, 2.75) is 45.4 Å². The van der Waals surface area contributed by atoms with Crippen LogP contribution in [0.2, 0.25) is 5.04 Å². The van der Waals surface area contributed by atoms with Crippen molar-refractivity contribution in [2.75, 3.05) is 7.11 Å². The largest absolute Gasteiger partial charge is 0.508 e. The van der Waals surface area contributed by atoms with Gasteiger partial charge in [-0.3, -0.25) is 0 Å². The van der Waals surface area contributed by atoms with E-state index in [1.54, 1.807) is 43.5 Å². The van der Waals surface area contributed by atoms with Crippen molar-refractivity contribution in [3.05, 3.63) is 179 Å². The van der Waals surface area contributed by atoms with Crippen molar-refractivity contribution >= 4 is 24.7 Å². The number of hydrogen-bond donors (Lipinski definition) is 1. The number of methoxy groups -OCH3 is 1. The summed E-state index contributed by atoms with van der Waals surface area (Å²) >= 11 is 0. The van der Waals surface area contributed by atoms with Crippen molar-refractivity contribution in [1.82, 2.24) is 0 Å². The molecule has 0 heterocycles. The molecule has 0 spiro atoms. The molecule has 0 atom stereocenters. The average Bonchev–Trinajstić information content (AvgIpc) is 3.16. The second-order valence-corrected chi connectivity index (χ2v) is 18.0. The van der Waals surface area contributed by atoms with Crippen LogP contribution in [-0.4, -0.2) is 26.5 Å². The minimum atomic E-state index is -2.89. The van der Waals surface area contributed by atoms with Crippen LogP contribution >= 0.6 is 0 Å². The Balaban J connectivity index is 1.39. The van der Waals surface area contributed by atoms with Crippen LogP contribution in [0.15, 0.2) is 152 Å². The molecule has 0 saturated heterocycles. The molecule has 0 amide bonds. The number of aromatic hydroxyl groups is 1. The monoisotopic (exact) mass is 708 g/mol. The third kappa shape index (κ3) is 8.12. The number of rotatable bonds is 13. The molecule has 0 aliphatic carbocycles. The maximum absolute atomic E-state index is 12.8. The van der Waals surface area contributed by atoms with Crippen LogP contribution in [0, 0.1) is 0 Å². The van der Waals surface area contributed by atoms with Crippen LogP contribution in [0.25, 0.3) is 0 Å². The zero-order chi connectivity index (χ0) is 36.6. The first-order valence-electron chi connectivity index (χ1n) is 17.4. The molecule has 6 nitrogen and oxygen atoms in total. The van der Waals surface area contributed by atoms with Crippen LogP contribution in [0.1, 0.15) is 53.4 Å². The Hall–Kier alpha value is -5.63. The number of ether oxygens (including phenoxy) is 3. The molecular formula is C45H44O6Si. The topological polar surface area (TPSA) is 74.2 Å². The van der Waals surface area contributed by atoms with E-state index in [0.717, 1.165) is 16.7 Å². The van der Waals surface area contributed by atoms with Gasteiger partial charge >= 0.3 is 5.97 Å². The summed E-state index contributed by atoms with van der Waals surface area (Å²) < 4.78 is 25.6. The van der Waals surface area contributed by atoms with Crippen molar-refractivity contribution in [3.8, 4) is 23.0 Å². The third-order valence-corrected chi connectivity index (χ3v) is 14.2. The quantitative estimate of drug-likeness (QED) is 0.0735. The Bertz CT molecular complexity index is 2040. The highest BCUT2D eigenvalue weighted by Gasteiger charge is 2.50. The van der Waals surface area contributed by atoms with Gasteiger partial charge in [-0.25, -0.2) is 4.79 Å². The van der Waals surface area contributed by atoms with Gasteiger partial charge in [0.1, 0.15) is 29.6 Å². The van der Waals surface area contributed by atoms with Gasteiger partial charge in [-0.1, -0.05) is 130 Å². The van der Waals surface area contributed by atoms with Crippen LogP contribution in [-0.2, 0) is 24.1 Å². The molecule has 0 aliphatic rings. The summed E-state index contributed by atoms with van der Waals surface area (Å²) in [5.74, 6) is 1.20. The zero-order valence-corrected chi connectivity index (χ0v) is 31.0. The van der Waals surface area contributed by atoms with Gasteiger partial charge < -0.3 is 23.7 Å². The number of carbonyl (C=O) groups excluding carboxylic acids is 1. The van der Waals surface area contributed by atoms with Crippen LogP contribution in [0.3, 0.4) is 0 Å². The first-order valence-corrected chi connectivity index (χ1v) is 19.3. The lowest BCUT2D eigenvalue weighted by atomic mass is 9.99. The van der Waals surface area contributed by atoms with E-state index in [9.17, 15) is 9.90 Å². The molecule has 0 unspecified atom stereocenters. The standard InChI is InChI=1S/C45H44O6Si/c1-45(2,3)52(40-21-13-7-14-22-40,41-23-15-8-16-24-41)50-32-37-30-39(49-31-33-17-9-5-10-18-33)29-36(43(37)48-4)27-35-28-38(25-26-42(35)46)51-44(47)34-19-11-6-12-20-34/h5-26,28-30,46H,27,31-32H2,1-4H3. The minimum Gasteiger partial charge on any atom is -0.508 e. The highest BCUT2D eigenvalue weighted by atomic mass is 28.4. The smallest absolute Gasteiger partial charge is 0.343 e. The first-order chi connectivity index (χ1) is 25.2. The molecule has 1 N–H and O–H groups in total.